The van der Waals surface area contributed by atoms with Crippen molar-refractivity contribution in [3.63, 3.8) is 0 Å². The summed E-state index contributed by atoms with van der Waals surface area (Å²) in [5.41, 5.74) is 11.4. The Bertz CT molecular complexity index is 794. The van der Waals surface area contributed by atoms with E-state index in [2.05, 4.69) is 43.9 Å². The van der Waals surface area contributed by atoms with Gasteiger partial charge in [-0.15, -0.1) is 0 Å². The molecule has 0 spiro atoms. The topological polar surface area (TPSA) is 55.5 Å². The van der Waals surface area contributed by atoms with Crippen molar-refractivity contribution in [3.8, 4) is 5.75 Å². The Morgan fingerprint density at radius 3 is 2.87 bits per heavy atom. The molecule has 2 fully saturated rings. The van der Waals surface area contributed by atoms with E-state index in [1.165, 1.54) is 48.0 Å². The number of rotatable bonds is 8. The predicted octanol–water partition coefficient (Wildman–Crippen LogP) is 5.74. The number of ether oxygens (including phenoxy) is 1. The summed E-state index contributed by atoms with van der Waals surface area (Å²) in [6.45, 7) is 6.60. The van der Waals surface area contributed by atoms with E-state index < -0.39 is 5.54 Å². The van der Waals surface area contributed by atoms with Crippen LogP contribution in [0.1, 0.15) is 63.9 Å². The van der Waals surface area contributed by atoms with Crippen LogP contribution in [0.3, 0.4) is 0 Å². The van der Waals surface area contributed by atoms with Gasteiger partial charge in [0.15, 0.2) is 0 Å². The fraction of sp³-hybridized carbons (Fsp3) is 0.556. The molecule has 30 heavy (non-hydrogen) atoms. The number of methoxy groups -OCH3 is 1. The van der Waals surface area contributed by atoms with Gasteiger partial charge in [0.2, 0.25) is 0 Å². The molecule has 3 N–H and O–H groups in total. The first-order chi connectivity index (χ1) is 14.5. The normalized spacial score (nSPS) is 29.5. The summed E-state index contributed by atoms with van der Waals surface area (Å²) in [7, 11) is 1.73. The average Bonchev–Trinajstić information content (AvgIpc) is 3.17. The van der Waals surface area contributed by atoms with Crippen molar-refractivity contribution in [1.82, 2.24) is 0 Å². The van der Waals surface area contributed by atoms with Crippen LogP contribution in [-0.4, -0.2) is 24.4 Å². The van der Waals surface area contributed by atoms with Gasteiger partial charge in [0.25, 0.3) is 0 Å². The van der Waals surface area contributed by atoms with Crippen molar-refractivity contribution in [2.75, 3.05) is 13.7 Å². The molecule has 0 heterocycles. The molecule has 0 saturated heterocycles. The molecule has 2 aliphatic carbocycles. The third kappa shape index (κ3) is 5.86. The smallest absolute Gasteiger partial charge is 0.119 e. The molecule has 2 saturated carbocycles. The Kier molecular flexibility index (Phi) is 7.96. The molecule has 1 aromatic carbocycles. The van der Waals surface area contributed by atoms with E-state index in [9.17, 15) is 5.11 Å². The minimum absolute atomic E-state index is 0.0743. The second-order valence-electron chi connectivity index (χ2n) is 9.37. The molecule has 2 aliphatic rings. The van der Waals surface area contributed by atoms with E-state index in [1.807, 2.05) is 6.07 Å². The van der Waals surface area contributed by atoms with Crippen LogP contribution in [-0.2, 0) is 6.42 Å². The number of aliphatic hydroxyl groups excluding tert-OH is 1. The molecular weight excluding hydrogens is 370 g/mol. The van der Waals surface area contributed by atoms with Gasteiger partial charge in [0.1, 0.15) is 5.75 Å². The predicted molar refractivity (Wildman–Crippen MR) is 126 cm³/mol. The van der Waals surface area contributed by atoms with Gasteiger partial charge in [-0.3, -0.25) is 0 Å². The van der Waals surface area contributed by atoms with E-state index in [-0.39, 0.29) is 6.61 Å². The summed E-state index contributed by atoms with van der Waals surface area (Å²) < 4.78 is 5.34. The summed E-state index contributed by atoms with van der Waals surface area (Å²) in [4.78, 5) is 0. The van der Waals surface area contributed by atoms with E-state index in [4.69, 9.17) is 10.5 Å². The molecule has 0 unspecified atom stereocenters. The first-order valence-electron chi connectivity index (χ1n) is 11.5. The van der Waals surface area contributed by atoms with Gasteiger partial charge in [-0.1, -0.05) is 36.4 Å². The van der Waals surface area contributed by atoms with Crippen LogP contribution >= 0.6 is 0 Å². The van der Waals surface area contributed by atoms with E-state index in [1.54, 1.807) is 7.11 Å². The zero-order valence-corrected chi connectivity index (χ0v) is 18.8. The molecule has 1 aromatic rings. The Labute approximate surface area is 182 Å². The van der Waals surface area contributed by atoms with Gasteiger partial charge < -0.3 is 15.6 Å². The number of allylic oxidation sites excluding steroid dienone is 5. The van der Waals surface area contributed by atoms with Crippen molar-refractivity contribution < 1.29 is 9.84 Å². The lowest BCUT2D eigenvalue weighted by Crippen LogP contribution is -2.40. The van der Waals surface area contributed by atoms with Crippen LogP contribution in [0.2, 0.25) is 0 Å². The van der Waals surface area contributed by atoms with Crippen LogP contribution in [0.4, 0.5) is 0 Å². The second kappa shape index (κ2) is 10.5. The van der Waals surface area contributed by atoms with Gasteiger partial charge in [0.05, 0.1) is 13.7 Å². The first kappa shape index (κ1) is 22.8. The number of nitrogens with two attached hydrogens (primary N) is 1. The summed E-state index contributed by atoms with van der Waals surface area (Å²) in [6.07, 6.45) is 14.6. The third-order valence-electron chi connectivity index (χ3n) is 7.15. The zero-order chi connectivity index (χ0) is 21.6. The number of hydrogen-bond acceptors (Lipinski definition) is 3. The quantitative estimate of drug-likeness (QED) is 0.576. The molecular formula is C27H39NO2. The van der Waals surface area contributed by atoms with Gasteiger partial charge in [-0.2, -0.15) is 0 Å². The van der Waals surface area contributed by atoms with Crippen LogP contribution in [0.15, 0.2) is 59.7 Å². The van der Waals surface area contributed by atoms with E-state index >= 15 is 0 Å². The van der Waals surface area contributed by atoms with Gasteiger partial charge in [-0.05, 0) is 105 Å². The molecule has 0 amide bonds. The maximum atomic E-state index is 9.54. The van der Waals surface area contributed by atoms with Gasteiger partial charge >= 0.3 is 0 Å². The lowest BCUT2D eigenvalue weighted by atomic mass is 9.78. The van der Waals surface area contributed by atoms with Crippen LogP contribution in [0.5, 0.6) is 5.75 Å². The number of aryl methyl sites for hydroxylation is 1. The van der Waals surface area contributed by atoms with Crippen molar-refractivity contribution in [3.05, 3.63) is 65.3 Å². The number of benzene rings is 1. The Morgan fingerprint density at radius 2 is 2.17 bits per heavy atom. The molecule has 3 heteroatoms. The van der Waals surface area contributed by atoms with Crippen LogP contribution in [0.25, 0.3) is 0 Å². The molecule has 3 nitrogen and oxygen atoms in total. The summed E-state index contributed by atoms with van der Waals surface area (Å²) in [6, 6.07) is 8.44. The maximum Gasteiger partial charge on any atom is 0.119 e. The fourth-order valence-electron chi connectivity index (χ4n) is 5.16. The standard InChI is InChI=1S/C27H39NO2/c1-4-23-16-22(8-5-7-21-9-6-10-26(17-21)30-3)11-12-24(23)15-20(2)25-13-14-27(28,18-25)19-29/h4,6,9-10,15,17,22,25,29H,2,5,7-8,11-14,16,18-19,28H2,1,3H3/b23-4-,24-15-/t22-,25+,27-/m1/s1. The number of aliphatic hydroxyl groups is 1. The highest BCUT2D eigenvalue weighted by Crippen LogP contribution is 2.40. The van der Waals surface area contributed by atoms with Crippen molar-refractivity contribution in [2.45, 2.75) is 70.3 Å². The van der Waals surface area contributed by atoms with Crippen LogP contribution in [0, 0.1) is 11.8 Å². The monoisotopic (exact) mass is 409 g/mol. The number of hydrogen-bond donors (Lipinski definition) is 2. The SMILES string of the molecule is C=C(/C=C1/CC[C@@H](CCCc2cccc(OC)c2)C/C1=C/C)[C@H]1CC[C@](N)(CO)C1. The molecule has 0 aliphatic heterocycles. The average molecular weight is 410 g/mol. The molecule has 0 radical (unpaired) electrons. The zero-order valence-electron chi connectivity index (χ0n) is 18.8. The molecule has 3 rings (SSSR count). The molecule has 0 aromatic heterocycles. The highest BCUT2D eigenvalue weighted by atomic mass is 16.5. The highest BCUT2D eigenvalue weighted by Gasteiger charge is 2.36. The molecule has 164 valence electrons. The second-order valence-corrected chi connectivity index (χ2v) is 9.37. The third-order valence-corrected chi connectivity index (χ3v) is 7.15. The lowest BCUT2D eigenvalue weighted by Gasteiger charge is -2.28. The summed E-state index contributed by atoms with van der Waals surface area (Å²) in [5, 5.41) is 9.54. The Morgan fingerprint density at radius 1 is 1.33 bits per heavy atom. The van der Waals surface area contributed by atoms with E-state index in [0.717, 1.165) is 43.8 Å². The molecule has 0 bridgehead atoms. The fourth-order valence-corrected chi connectivity index (χ4v) is 5.16. The van der Waals surface area contributed by atoms with E-state index in [0.29, 0.717) is 5.92 Å². The lowest BCUT2D eigenvalue weighted by molar-refractivity contribution is 0.197. The minimum atomic E-state index is -0.407. The van der Waals surface area contributed by atoms with Crippen molar-refractivity contribution in [2.24, 2.45) is 17.6 Å². The first-order valence-corrected chi connectivity index (χ1v) is 11.5. The highest BCUT2D eigenvalue weighted by molar-refractivity contribution is 5.39. The summed E-state index contributed by atoms with van der Waals surface area (Å²) in [5.74, 6) is 2.13. The maximum absolute atomic E-state index is 9.54. The van der Waals surface area contributed by atoms with Crippen molar-refractivity contribution >= 4 is 0 Å². The van der Waals surface area contributed by atoms with Gasteiger partial charge in [0, 0.05) is 5.54 Å². The Hall–Kier alpha value is -1.84. The largest absolute Gasteiger partial charge is 0.497 e. The Balaban J connectivity index is 1.51. The van der Waals surface area contributed by atoms with Gasteiger partial charge in [-0.25, -0.2) is 0 Å². The molecule has 3 atom stereocenters. The minimum Gasteiger partial charge on any atom is -0.497 e. The summed E-state index contributed by atoms with van der Waals surface area (Å²) >= 11 is 0. The van der Waals surface area contributed by atoms with Crippen LogP contribution < -0.4 is 10.5 Å². The van der Waals surface area contributed by atoms with Crippen molar-refractivity contribution in [1.29, 1.82) is 0 Å².